The van der Waals surface area contributed by atoms with Gasteiger partial charge in [0.25, 0.3) is 0 Å². The maximum Gasteiger partial charge on any atom is 0.249 e. The van der Waals surface area contributed by atoms with Gasteiger partial charge in [-0.3, -0.25) is 9.59 Å². The van der Waals surface area contributed by atoms with Crippen molar-refractivity contribution in [1.29, 1.82) is 0 Å². The molecule has 2 N–H and O–H groups in total. The van der Waals surface area contributed by atoms with E-state index < -0.39 is 6.04 Å². The van der Waals surface area contributed by atoms with E-state index in [0.717, 1.165) is 24.9 Å². The first-order chi connectivity index (χ1) is 11.6. The number of carbonyl (C=O) groups excluding carboxylic acids is 2. The molecule has 0 bridgehead atoms. The first-order valence-corrected chi connectivity index (χ1v) is 8.58. The number of nitrogens with one attached hydrogen (secondary N) is 2. The highest BCUT2D eigenvalue weighted by Crippen LogP contribution is 2.15. The van der Waals surface area contributed by atoms with Crippen LogP contribution in [-0.4, -0.2) is 54.6 Å². The van der Waals surface area contributed by atoms with Gasteiger partial charge in [-0.05, 0) is 31.9 Å². The van der Waals surface area contributed by atoms with Crippen LogP contribution in [0.15, 0.2) is 30.3 Å². The molecule has 2 aliphatic rings. The number of hydrogen-bond acceptors (Lipinski definition) is 4. The van der Waals surface area contributed by atoms with Crippen LogP contribution in [0.1, 0.15) is 25.3 Å². The molecule has 0 aromatic heterocycles. The van der Waals surface area contributed by atoms with Crippen LogP contribution < -0.4 is 10.6 Å². The van der Waals surface area contributed by atoms with Crippen LogP contribution in [0.3, 0.4) is 0 Å². The van der Waals surface area contributed by atoms with Crippen molar-refractivity contribution < 1.29 is 14.3 Å². The lowest BCUT2D eigenvalue weighted by Crippen LogP contribution is -2.58. The van der Waals surface area contributed by atoms with Crippen molar-refractivity contribution >= 4 is 24.2 Å². The number of benzene rings is 1. The molecular formula is C18H26ClN3O3. The van der Waals surface area contributed by atoms with Gasteiger partial charge < -0.3 is 20.3 Å². The number of hydrogen-bond donors (Lipinski definition) is 2. The van der Waals surface area contributed by atoms with Crippen LogP contribution in [0, 0.1) is 0 Å². The average Bonchev–Trinajstić information content (AvgIpc) is 2.57. The smallest absolute Gasteiger partial charge is 0.249 e. The molecule has 3 atom stereocenters. The highest BCUT2D eigenvalue weighted by Gasteiger charge is 2.35. The first kappa shape index (κ1) is 19.7. The Kier molecular flexibility index (Phi) is 7.23. The summed E-state index contributed by atoms with van der Waals surface area (Å²) in [4.78, 5) is 26.6. The second-order valence-corrected chi connectivity index (χ2v) is 6.62. The van der Waals surface area contributed by atoms with Gasteiger partial charge in [0.05, 0.1) is 6.61 Å². The monoisotopic (exact) mass is 367 g/mol. The van der Waals surface area contributed by atoms with Gasteiger partial charge in [-0.2, -0.15) is 0 Å². The van der Waals surface area contributed by atoms with E-state index in [9.17, 15) is 9.59 Å². The summed E-state index contributed by atoms with van der Waals surface area (Å²) in [6, 6.07) is 9.73. The van der Waals surface area contributed by atoms with E-state index in [4.69, 9.17) is 4.74 Å². The Morgan fingerprint density at radius 1 is 1.36 bits per heavy atom. The average molecular weight is 368 g/mol. The fraction of sp³-hybridized carbons (Fsp3) is 0.556. The lowest BCUT2D eigenvalue weighted by atomic mass is 10.00. The zero-order valence-corrected chi connectivity index (χ0v) is 15.3. The number of carbonyl (C=O) groups is 2. The third kappa shape index (κ3) is 5.17. The molecule has 2 fully saturated rings. The Morgan fingerprint density at radius 2 is 2.12 bits per heavy atom. The van der Waals surface area contributed by atoms with E-state index >= 15 is 0 Å². The fourth-order valence-electron chi connectivity index (χ4n) is 3.36. The van der Waals surface area contributed by atoms with Gasteiger partial charge in [0, 0.05) is 18.6 Å². The lowest BCUT2D eigenvalue weighted by Gasteiger charge is -2.36. The Morgan fingerprint density at radius 3 is 2.84 bits per heavy atom. The predicted octanol–water partition coefficient (Wildman–Crippen LogP) is 1.09. The number of morpholine rings is 1. The standard InChI is InChI=1S/C18H25N3O3.ClH/c1-13-9-15(7-8-19-13)20-18(23)16-11-24-12-17(22)21(16)10-14-5-3-2-4-6-14;/h2-6,13,15-16,19H,7-12H2,1H3,(H,20,23);1H/t13?,15?,16-;/m1./s1. The van der Waals surface area contributed by atoms with Crippen LogP contribution in [0.25, 0.3) is 0 Å². The minimum absolute atomic E-state index is 0. The minimum atomic E-state index is -0.559. The molecule has 7 heteroatoms. The molecule has 25 heavy (non-hydrogen) atoms. The second kappa shape index (κ2) is 9.17. The summed E-state index contributed by atoms with van der Waals surface area (Å²) >= 11 is 0. The van der Waals surface area contributed by atoms with Crippen molar-refractivity contribution in [2.75, 3.05) is 19.8 Å². The molecular weight excluding hydrogens is 342 g/mol. The van der Waals surface area contributed by atoms with Crippen molar-refractivity contribution in [1.82, 2.24) is 15.5 Å². The molecule has 0 aliphatic carbocycles. The second-order valence-electron chi connectivity index (χ2n) is 6.62. The zero-order valence-electron chi connectivity index (χ0n) is 14.4. The van der Waals surface area contributed by atoms with Gasteiger partial charge in [-0.15, -0.1) is 12.4 Å². The molecule has 1 aromatic rings. The maximum absolute atomic E-state index is 12.7. The Balaban J connectivity index is 0.00000225. The first-order valence-electron chi connectivity index (χ1n) is 8.58. The SMILES string of the molecule is CC1CC(NC(=O)[C@H]2COCC(=O)N2Cc2ccccc2)CCN1.Cl. The molecule has 2 saturated heterocycles. The molecule has 2 unspecified atom stereocenters. The Bertz CT molecular complexity index is 584. The van der Waals surface area contributed by atoms with E-state index in [-0.39, 0.29) is 43.5 Å². The molecule has 1 aromatic carbocycles. The maximum atomic E-state index is 12.7. The molecule has 2 heterocycles. The van der Waals surface area contributed by atoms with E-state index in [2.05, 4.69) is 17.6 Å². The molecule has 138 valence electrons. The summed E-state index contributed by atoms with van der Waals surface area (Å²) in [6.07, 6.45) is 1.82. The molecule has 0 spiro atoms. The number of nitrogens with zero attached hydrogens (tertiary/aromatic N) is 1. The number of piperidine rings is 1. The summed E-state index contributed by atoms with van der Waals surface area (Å²) in [7, 11) is 0. The van der Waals surface area contributed by atoms with Gasteiger partial charge in [-0.25, -0.2) is 0 Å². The van der Waals surface area contributed by atoms with Crippen LogP contribution in [0.5, 0.6) is 0 Å². The van der Waals surface area contributed by atoms with E-state index in [1.165, 1.54) is 0 Å². The quantitative estimate of drug-likeness (QED) is 0.835. The van der Waals surface area contributed by atoms with Crippen molar-refractivity contribution in [3.63, 3.8) is 0 Å². The molecule has 3 rings (SSSR count). The highest BCUT2D eigenvalue weighted by molar-refractivity contribution is 5.89. The third-order valence-electron chi connectivity index (χ3n) is 4.67. The van der Waals surface area contributed by atoms with E-state index in [0.29, 0.717) is 12.6 Å². The molecule has 2 aliphatic heterocycles. The number of ether oxygens (including phenoxy) is 1. The van der Waals surface area contributed by atoms with Gasteiger partial charge in [-0.1, -0.05) is 30.3 Å². The van der Waals surface area contributed by atoms with Crippen molar-refractivity contribution in [3.05, 3.63) is 35.9 Å². The molecule has 0 radical (unpaired) electrons. The summed E-state index contributed by atoms with van der Waals surface area (Å²) in [5.74, 6) is -0.248. The minimum Gasteiger partial charge on any atom is -0.369 e. The van der Waals surface area contributed by atoms with Crippen molar-refractivity contribution in [2.45, 2.75) is 44.4 Å². The van der Waals surface area contributed by atoms with Crippen molar-refractivity contribution in [3.8, 4) is 0 Å². The van der Waals surface area contributed by atoms with Gasteiger partial charge in [0.2, 0.25) is 11.8 Å². The fourth-order valence-corrected chi connectivity index (χ4v) is 3.36. The number of amides is 2. The number of halogens is 1. The highest BCUT2D eigenvalue weighted by atomic mass is 35.5. The van der Waals surface area contributed by atoms with Gasteiger partial charge in [0.1, 0.15) is 12.6 Å². The summed E-state index contributed by atoms with van der Waals surface area (Å²) in [5, 5.41) is 6.48. The summed E-state index contributed by atoms with van der Waals surface area (Å²) in [5.41, 5.74) is 1.01. The van der Waals surface area contributed by atoms with Crippen LogP contribution in [-0.2, 0) is 20.9 Å². The molecule has 2 amide bonds. The van der Waals surface area contributed by atoms with Crippen LogP contribution in [0.4, 0.5) is 0 Å². The van der Waals surface area contributed by atoms with E-state index in [1.54, 1.807) is 4.90 Å². The van der Waals surface area contributed by atoms with Gasteiger partial charge in [0.15, 0.2) is 0 Å². The third-order valence-corrected chi connectivity index (χ3v) is 4.67. The van der Waals surface area contributed by atoms with Crippen molar-refractivity contribution in [2.24, 2.45) is 0 Å². The number of rotatable bonds is 4. The van der Waals surface area contributed by atoms with Crippen LogP contribution in [0.2, 0.25) is 0 Å². The summed E-state index contributed by atoms with van der Waals surface area (Å²) in [6.45, 7) is 3.75. The Hall–Kier alpha value is -1.63. The predicted molar refractivity (Wildman–Crippen MR) is 97.5 cm³/mol. The lowest BCUT2D eigenvalue weighted by molar-refractivity contribution is -0.156. The normalized spacial score (nSPS) is 26.7. The Labute approximate surface area is 154 Å². The topological polar surface area (TPSA) is 70.7 Å². The summed E-state index contributed by atoms with van der Waals surface area (Å²) < 4.78 is 5.33. The largest absolute Gasteiger partial charge is 0.369 e. The van der Waals surface area contributed by atoms with E-state index in [1.807, 2.05) is 30.3 Å². The molecule has 6 nitrogen and oxygen atoms in total. The van der Waals surface area contributed by atoms with Gasteiger partial charge >= 0.3 is 0 Å². The van der Waals surface area contributed by atoms with Crippen LogP contribution >= 0.6 is 12.4 Å². The zero-order chi connectivity index (χ0) is 16.9. The molecule has 0 saturated carbocycles.